The summed E-state index contributed by atoms with van der Waals surface area (Å²) in [6.45, 7) is 3.98. The molecule has 9 heteroatoms. The van der Waals surface area contributed by atoms with Crippen LogP contribution in [0, 0.1) is 6.92 Å². The SMILES string of the molecule is CCOc1cc(C)nc(NC(C)(C(=O)O)C(F)(F)F)n1. The van der Waals surface area contributed by atoms with Gasteiger partial charge in [-0.3, -0.25) is 0 Å². The van der Waals surface area contributed by atoms with Crippen LogP contribution in [0.3, 0.4) is 0 Å². The quantitative estimate of drug-likeness (QED) is 0.863. The summed E-state index contributed by atoms with van der Waals surface area (Å²) < 4.78 is 43.6. The van der Waals surface area contributed by atoms with Crippen LogP contribution in [0.15, 0.2) is 6.07 Å². The Morgan fingerprint density at radius 2 is 2.05 bits per heavy atom. The number of halogens is 3. The zero-order valence-electron chi connectivity index (χ0n) is 11.1. The number of alkyl halides is 3. The molecule has 0 spiro atoms. The number of carboxylic acids is 1. The van der Waals surface area contributed by atoms with Gasteiger partial charge in [-0.15, -0.1) is 0 Å². The average molecular weight is 293 g/mol. The van der Waals surface area contributed by atoms with Crippen molar-refractivity contribution >= 4 is 11.9 Å². The van der Waals surface area contributed by atoms with Crippen LogP contribution in [-0.4, -0.2) is 39.4 Å². The van der Waals surface area contributed by atoms with Crippen molar-refractivity contribution < 1.29 is 27.8 Å². The number of aliphatic carboxylic acids is 1. The topological polar surface area (TPSA) is 84.3 Å². The Hall–Kier alpha value is -2.06. The molecule has 0 aliphatic rings. The van der Waals surface area contributed by atoms with Crippen molar-refractivity contribution in [3.63, 3.8) is 0 Å². The van der Waals surface area contributed by atoms with Crippen LogP contribution >= 0.6 is 0 Å². The lowest BCUT2D eigenvalue weighted by molar-refractivity contribution is -0.193. The molecular formula is C11H14F3N3O3. The molecule has 6 nitrogen and oxygen atoms in total. The third-order valence-electron chi connectivity index (χ3n) is 2.48. The van der Waals surface area contributed by atoms with Gasteiger partial charge in [-0.1, -0.05) is 0 Å². The lowest BCUT2D eigenvalue weighted by atomic mass is 10.0. The van der Waals surface area contributed by atoms with Gasteiger partial charge >= 0.3 is 12.1 Å². The predicted octanol–water partition coefficient (Wildman–Crippen LogP) is 2.00. The van der Waals surface area contributed by atoms with E-state index in [4.69, 9.17) is 9.84 Å². The number of nitrogens with zero attached hydrogens (tertiary/aromatic N) is 2. The second-order valence-electron chi connectivity index (χ2n) is 4.16. The van der Waals surface area contributed by atoms with E-state index in [0.717, 1.165) is 0 Å². The summed E-state index contributed by atoms with van der Waals surface area (Å²) in [4.78, 5) is 18.3. The Labute approximate surface area is 113 Å². The lowest BCUT2D eigenvalue weighted by Crippen LogP contribution is -2.56. The van der Waals surface area contributed by atoms with Gasteiger partial charge in [-0.2, -0.15) is 18.2 Å². The normalized spacial score (nSPS) is 14.5. The molecule has 1 aromatic rings. The van der Waals surface area contributed by atoms with Gasteiger partial charge in [0.05, 0.1) is 6.61 Å². The first-order valence-electron chi connectivity index (χ1n) is 5.67. The van der Waals surface area contributed by atoms with Crippen LogP contribution in [0.1, 0.15) is 19.5 Å². The fourth-order valence-corrected chi connectivity index (χ4v) is 1.29. The van der Waals surface area contributed by atoms with Gasteiger partial charge in [0.1, 0.15) is 0 Å². The first kappa shape index (κ1) is 16.0. The van der Waals surface area contributed by atoms with Crippen molar-refractivity contribution in [1.29, 1.82) is 0 Å². The van der Waals surface area contributed by atoms with Crippen LogP contribution < -0.4 is 10.1 Å². The van der Waals surface area contributed by atoms with E-state index in [1.807, 2.05) is 5.32 Å². The molecule has 0 aromatic carbocycles. The van der Waals surface area contributed by atoms with E-state index < -0.39 is 23.6 Å². The largest absolute Gasteiger partial charge is 0.479 e. The summed E-state index contributed by atoms with van der Waals surface area (Å²) in [5.74, 6) is -2.47. The molecule has 0 aliphatic heterocycles. The van der Waals surface area contributed by atoms with Crippen LogP contribution in [0.4, 0.5) is 19.1 Å². The number of nitrogens with one attached hydrogen (secondary N) is 1. The van der Waals surface area contributed by atoms with Crippen molar-refractivity contribution in [3.8, 4) is 5.88 Å². The third kappa shape index (κ3) is 3.28. The summed E-state index contributed by atoms with van der Waals surface area (Å²) >= 11 is 0. The van der Waals surface area contributed by atoms with Crippen molar-refractivity contribution in [1.82, 2.24) is 9.97 Å². The van der Waals surface area contributed by atoms with Gasteiger partial charge in [-0.05, 0) is 20.8 Å². The number of hydrogen-bond donors (Lipinski definition) is 2. The fraction of sp³-hybridized carbons (Fsp3) is 0.545. The number of carboxylic acid groups (broad SMARTS) is 1. The Morgan fingerprint density at radius 3 is 2.50 bits per heavy atom. The van der Waals surface area contributed by atoms with Gasteiger partial charge in [0.25, 0.3) is 0 Å². The number of rotatable bonds is 5. The maximum absolute atomic E-state index is 12.9. The van der Waals surface area contributed by atoms with Crippen LogP contribution in [0.5, 0.6) is 5.88 Å². The summed E-state index contributed by atoms with van der Waals surface area (Å²) in [5, 5.41) is 10.6. The third-order valence-corrected chi connectivity index (χ3v) is 2.48. The summed E-state index contributed by atoms with van der Waals surface area (Å²) in [5.41, 5.74) is -2.84. The van der Waals surface area contributed by atoms with Gasteiger partial charge in [0.2, 0.25) is 17.4 Å². The minimum Gasteiger partial charge on any atom is -0.479 e. The Kier molecular flexibility index (Phi) is 4.41. The van der Waals surface area contributed by atoms with E-state index in [1.54, 1.807) is 6.92 Å². The number of carbonyl (C=O) groups is 1. The minimum absolute atomic E-state index is 0.0670. The highest BCUT2D eigenvalue weighted by Crippen LogP contribution is 2.33. The molecule has 2 N–H and O–H groups in total. The number of hydrogen-bond acceptors (Lipinski definition) is 5. The van der Waals surface area contributed by atoms with E-state index in [0.29, 0.717) is 12.6 Å². The van der Waals surface area contributed by atoms with Crippen molar-refractivity contribution in [2.24, 2.45) is 0 Å². The second-order valence-corrected chi connectivity index (χ2v) is 4.16. The first-order chi connectivity index (χ1) is 9.10. The molecule has 1 atom stereocenters. The maximum Gasteiger partial charge on any atom is 0.422 e. The molecule has 0 aliphatic carbocycles. The fourth-order valence-electron chi connectivity index (χ4n) is 1.29. The highest BCUT2D eigenvalue weighted by Gasteiger charge is 2.58. The number of ether oxygens (including phenoxy) is 1. The molecule has 1 aromatic heterocycles. The monoisotopic (exact) mass is 293 g/mol. The molecule has 0 fully saturated rings. The molecule has 112 valence electrons. The average Bonchev–Trinajstić information content (AvgIpc) is 2.26. The van der Waals surface area contributed by atoms with E-state index in [-0.39, 0.29) is 12.5 Å². The van der Waals surface area contributed by atoms with E-state index in [9.17, 15) is 18.0 Å². The Bertz CT molecular complexity index is 507. The van der Waals surface area contributed by atoms with Gasteiger partial charge in [0.15, 0.2) is 0 Å². The zero-order chi connectivity index (χ0) is 15.6. The second kappa shape index (κ2) is 5.51. The first-order valence-corrected chi connectivity index (χ1v) is 5.67. The van der Waals surface area contributed by atoms with E-state index >= 15 is 0 Å². The zero-order valence-corrected chi connectivity index (χ0v) is 11.1. The lowest BCUT2D eigenvalue weighted by Gasteiger charge is -2.28. The Balaban J connectivity index is 3.15. The van der Waals surface area contributed by atoms with Crippen LogP contribution in [0.25, 0.3) is 0 Å². The maximum atomic E-state index is 12.9. The van der Waals surface area contributed by atoms with Gasteiger partial charge in [0, 0.05) is 11.8 Å². The smallest absolute Gasteiger partial charge is 0.422 e. The van der Waals surface area contributed by atoms with Crippen molar-refractivity contribution in [3.05, 3.63) is 11.8 Å². The van der Waals surface area contributed by atoms with Crippen LogP contribution in [0.2, 0.25) is 0 Å². The minimum atomic E-state index is -5.02. The van der Waals surface area contributed by atoms with Crippen molar-refractivity contribution in [2.45, 2.75) is 32.5 Å². The molecule has 0 amide bonds. The molecule has 1 unspecified atom stereocenters. The van der Waals surface area contributed by atoms with Crippen LogP contribution in [-0.2, 0) is 4.79 Å². The molecule has 0 saturated heterocycles. The number of aromatic nitrogens is 2. The highest BCUT2D eigenvalue weighted by molar-refractivity contribution is 5.82. The molecule has 1 heterocycles. The summed E-state index contributed by atoms with van der Waals surface area (Å²) in [6, 6.07) is 1.43. The van der Waals surface area contributed by atoms with Crippen molar-refractivity contribution in [2.75, 3.05) is 11.9 Å². The van der Waals surface area contributed by atoms with Gasteiger partial charge in [-0.25, -0.2) is 9.78 Å². The molecule has 0 radical (unpaired) electrons. The molecular weight excluding hydrogens is 279 g/mol. The summed E-state index contributed by atoms with van der Waals surface area (Å²) in [7, 11) is 0. The number of anilines is 1. The standard InChI is InChI=1S/C11H14F3N3O3/c1-4-20-7-5-6(2)15-9(16-7)17-10(3,8(18)19)11(12,13)14/h5H,4H2,1-3H3,(H,18,19)(H,15,16,17). The predicted molar refractivity (Wildman–Crippen MR) is 63.7 cm³/mol. The molecule has 0 saturated carbocycles. The molecule has 0 bridgehead atoms. The van der Waals surface area contributed by atoms with Gasteiger partial charge < -0.3 is 15.2 Å². The number of aryl methyl sites for hydroxylation is 1. The molecule has 1 rings (SSSR count). The summed E-state index contributed by atoms with van der Waals surface area (Å²) in [6.07, 6.45) is -5.02. The Morgan fingerprint density at radius 1 is 1.45 bits per heavy atom. The molecule has 20 heavy (non-hydrogen) atoms. The highest BCUT2D eigenvalue weighted by atomic mass is 19.4. The van der Waals surface area contributed by atoms with E-state index in [1.165, 1.54) is 13.0 Å². The van der Waals surface area contributed by atoms with E-state index in [2.05, 4.69) is 9.97 Å².